The molecule has 0 amide bonds. The molecule has 1 saturated heterocycles. The molecule has 1 aromatic carbocycles. The van der Waals surface area contributed by atoms with Crippen molar-refractivity contribution in [1.29, 1.82) is 0 Å². The quantitative estimate of drug-likeness (QED) is 0.704. The molecule has 0 aliphatic carbocycles. The predicted molar refractivity (Wildman–Crippen MR) is 96.0 cm³/mol. The summed E-state index contributed by atoms with van der Waals surface area (Å²) in [5, 5.41) is 5.23. The first-order valence-corrected chi connectivity index (χ1v) is 8.79. The average Bonchev–Trinajstić information content (AvgIpc) is 2.95. The molecule has 27 heavy (non-hydrogen) atoms. The Labute approximate surface area is 154 Å². The van der Waals surface area contributed by atoms with Crippen LogP contribution < -0.4 is 4.90 Å². The Morgan fingerprint density at radius 2 is 1.78 bits per heavy atom. The first-order chi connectivity index (χ1) is 13.0. The van der Waals surface area contributed by atoms with E-state index < -0.39 is 12.7 Å². The van der Waals surface area contributed by atoms with Gasteiger partial charge in [0, 0.05) is 26.2 Å². The van der Waals surface area contributed by atoms with Crippen molar-refractivity contribution < 1.29 is 13.2 Å². The molecule has 3 heterocycles. The van der Waals surface area contributed by atoms with Gasteiger partial charge < -0.3 is 4.90 Å². The molecule has 1 aliphatic rings. The number of aromatic nitrogens is 4. The van der Waals surface area contributed by atoms with Gasteiger partial charge in [0.2, 0.25) is 0 Å². The monoisotopic (exact) mass is 376 g/mol. The van der Waals surface area contributed by atoms with Gasteiger partial charge in [0.15, 0.2) is 5.65 Å². The lowest BCUT2D eigenvalue weighted by Gasteiger charge is -2.23. The summed E-state index contributed by atoms with van der Waals surface area (Å²) in [5.74, 6) is 0.719. The van der Waals surface area contributed by atoms with Crippen molar-refractivity contribution in [3.05, 3.63) is 42.9 Å². The molecule has 0 radical (unpaired) electrons. The smallest absolute Gasteiger partial charge is 0.355 e. The van der Waals surface area contributed by atoms with Gasteiger partial charge in [-0.05, 0) is 18.6 Å². The molecule has 6 nitrogen and oxygen atoms in total. The van der Waals surface area contributed by atoms with E-state index in [1.54, 1.807) is 10.9 Å². The number of fused-ring (bicyclic) bond motifs is 1. The number of nitrogens with zero attached hydrogens (tertiary/aromatic N) is 6. The zero-order chi connectivity index (χ0) is 18.9. The lowest BCUT2D eigenvalue weighted by Crippen LogP contribution is -2.37. The summed E-state index contributed by atoms with van der Waals surface area (Å²) >= 11 is 0. The van der Waals surface area contributed by atoms with E-state index in [1.807, 2.05) is 35.2 Å². The Morgan fingerprint density at radius 1 is 0.963 bits per heavy atom. The minimum Gasteiger partial charge on any atom is -0.355 e. The summed E-state index contributed by atoms with van der Waals surface area (Å²) in [6.07, 6.45) is -0.324. The summed E-state index contributed by atoms with van der Waals surface area (Å²) in [6.45, 7) is 1.03. The van der Waals surface area contributed by atoms with Gasteiger partial charge in [-0.3, -0.25) is 4.90 Å². The molecule has 4 rings (SSSR count). The molecule has 1 fully saturated rings. The van der Waals surface area contributed by atoms with Crippen LogP contribution in [0.15, 0.2) is 42.9 Å². The molecule has 0 bridgehead atoms. The molecular formula is C18H19F3N6. The first kappa shape index (κ1) is 17.7. The highest BCUT2D eigenvalue weighted by Gasteiger charge is 2.31. The van der Waals surface area contributed by atoms with Gasteiger partial charge in [0.25, 0.3) is 0 Å². The fraction of sp³-hybridized carbons (Fsp3) is 0.389. The van der Waals surface area contributed by atoms with Gasteiger partial charge in [0.05, 0.1) is 23.8 Å². The fourth-order valence-electron chi connectivity index (χ4n) is 3.44. The predicted octanol–water partition coefficient (Wildman–Crippen LogP) is 2.89. The van der Waals surface area contributed by atoms with E-state index >= 15 is 0 Å². The number of hydrogen-bond donors (Lipinski definition) is 0. The van der Waals surface area contributed by atoms with Crippen LogP contribution in [0.25, 0.3) is 16.7 Å². The lowest BCUT2D eigenvalue weighted by atomic mass is 10.3. The summed E-state index contributed by atoms with van der Waals surface area (Å²) in [5.41, 5.74) is 1.58. The van der Waals surface area contributed by atoms with Gasteiger partial charge in [0.1, 0.15) is 12.1 Å². The van der Waals surface area contributed by atoms with E-state index in [2.05, 4.69) is 15.1 Å². The van der Waals surface area contributed by atoms with Crippen LogP contribution in [-0.4, -0.2) is 63.5 Å². The second kappa shape index (κ2) is 7.15. The van der Waals surface area contributed by atoms with Crippen LogP contribution in [-0.2, 0) is 0 Å². The second-order valence-electron chi connectivity index (χ2n) is 6.56. The van der Waals surface area contributed by atoms with Gasteiger partial charge in [-0.2, -0.15) is 18.3 Å². The van der Waals surface area contributed by atoms with Crippen molar-refractivity contribution in [2.75, 3.05) is 37.6 Å². The number of anilines is 1. The largest absolute Gasteiger partial charge is 0.401 e. The summed E-state index contributed by atoms with van der Waals surface area (Å²) in [4.78, 5) is 12.2. The van der Waals surface area contributed by atoms with E-state index in [1.165, 1.54) is 11.2 Å². The summed E-state index contributed by atoms with van der Waals surface area (Å²) in [6, 6.07) is 9.66. The molecule has 0 unspecified atom stereocenters. The Bertz CT molecular complexity index is 908. The third kappa shape index (κ3) is 3.87. The molecule has 0 spiro atoms. The zero-order valence-corrected chi connectivity index (χ0v) is 14.6. The van der Waals surface area contributed by atoms with Gasteiger partial charge in [-0.1, -0.05) is 18.2 Å². The van der Waals surface area contributed by atoms with Crippen LogP contribution in [0.4, 0.5) is 19.0 Å². The molecule has 1 aliphatic heterocycles. The Hall–Kier alpha value is -2.68. The molecule has 0 saturated carbocycles. The maximum absolute atomic E-state index is 12.7. The Morgan fingerprint density at radius 3 is 2.56 bits per heavy atom. The zero-order valence-electron chi connectivity index (χ0n) is 14.6. The number of rotatable bonds is 3. The normalized spacial score (nSPS) is 16.6. The van der Waals surface area contributed by atoms with Crippen LogP contribution in [0.5, 0.6) is 0 Å². The van der Waals surface area contributed by atoms with Crippen molar-refractivity contribution in [2.24, 2.45) is 0 Å². The highest BCUT2D eigenvalue weighted by atomic mass is 19.4. The van der Waals surface area contributed by atoms with E-state index in [4.69, 9.17) is 0 Å². The van der Waals surface area contributed by atoms with Crippen molar-refractivity contribution in [3.63, 3.8) is 0 Å². The van der Waals surface area contributed by atoms with Gasteiger partial charge in [-0.15, -0.1) is 0 Å². The molecule has 142 valence electrons. The van der Waals surface area contributed by atoms with E-state index in [-0.39, 0.29) is 0 Å². The topological polar surface area (TPSA) is 50.1 Å². The highest BCUT2D eigenvalue weighted by Crippen LogP contribution is 2.26. The van der Waals surface area contributed by atoms with E-state index in [0.29, 0.717) is 38.2 Å². The van der Waals surface area contributed by atoms with Crippen molar-refractivity contribution in [1.82, 2.24) is 24.6 Å². The molecule has 0 atom stereocenters. The van der Waals surface area contributed by atoms with Gasteiger partial charge >= 0.3 is 6.18 Å². The summed E-state index contributed by atoms with van der Waals surface area (Å²) < 4.78 is 39.8. The summed E-state index contributed by atoms with van der Waals surface area (Å²) in [7, 11) is 0. The van der Waals surface area contributed by atoms with Crippen LogP contribution >= 0.6 is 0 Å². The van der Waals surface area contributed by atoms with Crippen LogP contribution in [0, 0.1) is 0 Å². The molecule has 9 heteroatoms. The van der Waals surface area contributed by atoms with Crippen LogP contribution in [0.2, 0.25) is 0 Å². The van der Waals surface area contributed by atoms with Crippen molar-refractivity contribution in [2.45, 2.75) is 12.6 Å². The van der Waals surface area contributed by atoms with E-state index in [9.17, 15) is 13.2 Å². The highest BCUT2D eigenvalue weighted by molar-refractivity contribution is 5.87. The van der Waals surface area contributed by atoms with E-state index in [0.717, 1.165) is 16.9 Å². The minimum atomic E-state index is -4.17. The lowest BCUT2D eigenvalue weighted by molar-refractivity contribution is -0.145. The second-order valence-corrected chi connectivity index (χ2v) is 6.56. The number of hydrogen-bond acceptors (Lipinski definition) is 5. The standard InChI is InChI=1S/C18H19F3N6/c19-18(20,21)12-25-7-4-8-26(10-9-25)16-15-11-24-27(17(15)23-13-22-16)14-5-2-1-3-6-14/h1-3,5-6,11,13H,4,7-10,12H2. The molecular weight excluding hydrogens is 357 g/mol. The molecule has 3 aromatic rings. The number of para-hydroxylation sites is 1. The third-order valence-corrected chi connectivity index (χ3v) is 4.64. The maximum Gasteiger partial charge on any atom is 0.401 e. The average molecular weight is 376 g/mol. The molecule has 0 N–H and O–H groups in total. The van der Waals surface area contributed by atoms with Crippen LogP contribution in [0.3, 0.4) is 0 Å². The first-order valence-electron chi connectivity index (χ1n) is 8.79. The fourth-order valence-corrected chi connectivity index (χ4v) is 3.44. The molecule has 2 aromatic heterocycles. The SMILES string of the molecule is FC(F)(F)CN1CCCN(c2ncnc3c2cnn3-c2ccccc2)CC1. The van der Waals surface area contributed by atoms with Gasteiger partial charge in [-0.25, -0.2) is 14.6 Å². The van der Waals surface area contributed by atoms with Crippen molar-refractivity contribution >= 4 is 16.9 Å². The minimum absolute atomic E-state index is 0.345. The Balaban J connectivity index is 1.60. The number of halogens is 3. The third-order valence-electron chi connectivity index (χ3n) is 4.64. The number of benzene rings is 1. The van der Waals surface area contributed by atoms with Crippen molar-refractivity contribution in [3.8, 4) is 5.69 Å². The maximum atomic E-state index is 12.7. The number of alkyl halides is 3. The van der Waals surface area contributed by atoms with Crippen LogP contribution in [0.1, 0.15) is 6.42 Å². The Kier molecular flexibility index (Phi) is 4.69.